The molecule has 0 aliphatic carbocycles. The van der Waals surface area contributed by atoms with Crippen LogP contribution in [0.15, 0.2) is 53.0 Å². The molecule has 1 aliphatic rings. The lowest BCUT2D eigenvalue weighted by molar-refractivity contribution is -0.0383. The molecule has 0 saturated carbocycles. The van der Waals surface area contributed by atoms with Gasteiger partial charge in [0, 0.05) is 17.2 Å². The second-order valence-electron chi connectivity index (χ2n) is 4.89. The molecule has 1 saturated heterocycles. The Morgan fingerprint density at radius 3 is 2.53 bits per heavy atom. The molecule has 0 amide bonds. The van der Waals surface area contributed by atoms with Gasteiger partial charge in [-0.3, -0.25) is 0 Å². The Kier molecular flexibility index (Phi) is 3.33. The van der Waals surface area contributed by atoms with E-state index in [1.807, 2.05) is 13.1 Å². The van der Waals surface area contributed by atoms with Gasteiger partial charge in [0.25, 0.3) is 0 Å². The normalized spacial score (nSPS) is 16.7. The van der Waals surface area contributed by atoms with Gasteiger partial charge in [-0.05, 0) is 29.3 Å². The van der Waals surface area contributed by atoms with E-state index in [1.54, 1.807) is 0 Å². The predicted molar refractivity (Wildman–Crippen MR) is 81.7 cm³/mol. The standard InChI is InChI=1S/C16H16BrNO/c1-18-13-6-4-5-12(9-13)16(10-19-11-16)14-7-2-3-8-15(14)17/h2-9,18H,10-11H2,1H3. The van der Waals surface area contributed by atoms with Crippen molar-refractivity contribution in [1.82, 2.24) is 0 Å². The van der Waals surface area contributed by atoms with Gasteiger partial charge in [0.15, 0.2) is 0 Å². The number of nitrogens with one attached hydrogen (secondary N) is 1. The van der Waals surface area contributed by atoms with E-state index in [0.29, 0.717) is 0 Å². The summed E-state index contributed by atoms with van der Waals surface area (Å²) in [7, 11) is 1.95. The topological polar surface area (TPSA) is 21.3 Å². The van der Waals surface area contributed by atoms with E-state index in [-0.39, 0.29) is 5.41 Å². The molecular weight excluding hydrogens is 302 g/mol. The molecule has 1 N–H and O–H groups in total. The maximum absolute atomic E-state index is 5.53. The van der Waals surface area contributed by atoms with Gasteiger partial charge in [-0.25, -0.2) is 0 Å². The van der Waals surface area contributed by atoms with Gasteiger partial charge >= 0.3 is 0 Å². The molecule has 19 heavy (non-hydrogen) atoms. The average molecular weight is 318 g/mol. The van der Waals surface area contributed by atoms with Gasteiger partial charge in [-0.15, -0.1) is 0 Å². The summed E-state index contributed by atoms with van der Waals surface area (Å²) < 4.78 is 6.68. The van der Waals surface area contributed by atoms with Crippen LogP contribution in [0.1, 0.15) is 11.1 Å². The summed E-state index contributed by atoms with van der Waals surface area (Å²) in [6.45, 7) is 1.48. The molecule has 2 aromatic carbocycles. The molecule has 3 rings (SSSR count). The van der Waals surface area contributed by atoms with Crippen LogP contribution in [0.25, 0.3) is 0 Å². The summed E-state index contributed by atoms with van der Waals surface area (Å²) in [5.74, 6) is 0. The second kappa shape index (κ2) is 4.99. The zero-order valence-electron chi connectivity index (χ0n) is 10.8. The maximum Gasteiger partial charge on any atom is 0.0681 e. The van der Waals surface area contributed by atoms with E-state index in [1.165, 1.54) is 11.1 Å². The highest BCUT2D eigenvalue weighted by Crippen LogP contribution is 2.42. The van der Waals surface area contributed by atoms with E-state index in [4.69, 9.17) is 4.74 Å². The fourth-order valence-electron chi connectivity index (χ4n) is 2.61. The van der Waals surface area contributed by atoms with Crippen LogP contribution in [0, 0.1) is 0 Å². The van der Waals surface area contributed by atoms with Crippen molar-refractivity contribution in [3.8, 4) is 0 Å². The second-order valence-corrected chi connectivity index (χ2v) is 5.74. The van der Waals surface area contributed by atoms with E-state index in [0.717, 1.165) is 23.4 Å². The van der Waals surface area contributed by atoms with Gasteiger partial charge in [-0.2, -0.15) is 0 Å². The molecule has 98 valence electrons. The molecule has 0 aromatic heterocycles. The Hall–Kier alpha value is -1.32. The number of anilines is 1. The Morgan fingerprint density at radius 2 is 1.89 bits per heavy atom. The van der Waals surface area contributed by atoms with E-state index in [9.17, 15) is 0 Å². The summed E-state index contributed by atoms with van der Waals surface area (Å²) >= 11 is 3.67. The molecule has 2 nitrogen and oxygen atoms in total. The van der Waals surface area contributed by atoms with Crippen LogP contribution in [-0.4, -0.2) is 20.3 Å². The van der Waals surface area contributed by atoms with E-state index in [2.05, 4.69) is 63.7 Å². The highest BCUT2D eigenvalue weighted by atomic mass is 79.9. The largest absolute Gasteiger partial charge is 0.388 e. The van der Waals surface area contributed by atoms with Crippen LogP contribution < -0.4 is 5.32 Å². The van der Waals surface area contributed by atoms with Crippen molar-refractivity contribution in [2.24, 2.45) is 0 Å². The van der Waals surface area contributed by atoms with Crippen molar-refractivity contribution >= 4 is 21.6 Å². The molecular formula is C16H16BrNO. The van der Waals surface area contributed by atoms with Crippen molar-refractivity contribution in [2.45, 2.75) is 5.41 Å². The predicted octanol–water partition coefficient (Wildman–Crippen LogP) is 3.81. The molecule has 1 fully saturated rings. The highest BCUT2D eigenvalue weighted by Gasteiger charge is 2.43. The number of hydrogen-bond donors (Lipinski definition) is 1. The van der Waals surface area contributed by atoms with Gasteiger partial charge in [0.2, 0.25) is 0 Å². The van der Waals surface area contributed by atoms with Crippen molar-refractivity contribution in [2.75, 3.05) is 25.6 Å². The molecule has 0 unspecified atom stereocenters. The van der Waals surface area contributed by atoms with Crippen molar-refractivity contribution in [3.05, 3.63) is 64.1 Å². The van der Waals surface area contributed by atoms with Gasteiger partial charge in [-0.1, -0.05) is 46.3 Å². The van der Waals surface area contributed by atoms with Crippen LogP contribution in [0.2, 0.25) is 0 Å². The smallest absolute Gasteiger partial charge is 0.0681 e. The minimum atomic E-state index is -0.0209. The average Bonchev–Trinajstić information content (AvgIpc) is 2.40. The molecule has 3 heteroatoms. The highest BCUT2D eigenvalue weighted by molar-refractivity contribution is 9.10. The van der Waals surface area contributed by atoms with E-state index < -0.39 is 0 Å². The minimum absolute atomic E-state index is 0.0209. The summed E-state index contributed by atoms with van der Waals surface area (Å²) in [5, 5.41) is 3.20. The van der Waals surface area contributed by atoms with Gasteiger partial charge in [0.05, 0.1) is 18.6 Å². The Labute approximate surface area is 121 Å². The first-order chi connectivity index (χ1) is 9.26. The van der Waals surface area contributed by atoms with Crippen LogP contribution >= 0.6 is 15.9 Å². The Balaban J connectivity index is 2.11. The van der Waals surface area contributed by atoms with Crippen LogP contribution in [0.3, 0.4) is 0 Å². The summed E-state index contributed by atoms with van der Waals surface area (Å²) in [6.07, 6.45) is 0. The third-order valence-electron chi connectivity index (χ3n) is 3.79. The van der Waals surface area contributed by atoms with Crippen LogP contribution in [-0.2, 0) is 10.2 Å². The lowest BCUT2D eigenvalue weighted by Crippen LogP contribution is -2.47. The third-order valence-corrected chi connectivity index (χ3v) is 4.48. The molecule has 0 atom stereocenters. The first kappa shape index (κ1) is 12.7. The fraction of sp³-hybridized carbons (Fsp3) is 0.250. The zero-order chi connectivity index (χ0) is 13.3. The molecule has 0 radical (unpaired) electrons. The van der Waals surface area contributed by atoms with Crippen LogP contribution in [0.5, 0.6) is 0 Å². The quantitative estimate of drug-likeness (QED) is 0.929. The number of hydrogen-bond acceptors (Lipinski definition) is 2. The first-order valence-electron chi connectivity index (χ1n) is 6.37. The van der Waals surface area contributed by atoms with Gasteiger partial charge < -0.3 is 10.1 Å². The number of rotatable bonds is 3. The molecule has 1 aliphatic heterocycles. The van der Waals surface area contributed by atoms with E-state index >= 15 is 0 Å². The van der Waals surface area contributed by atoms with Crippen molar-refractivity contribution in [3.63, 3.8) is 0 Å². The van der Waals surface area contributed by atoms with Crippen molar-refractivity contribution in [1.29, 1.82) is 0 Å². The molecule has 1 heterocycles. The van der Waals surface area contributed by atoms with Gasteiger partial charge in [0.1, 0.15) is 0 Å². The SMILES string of the molecule is CNc1cccc(C2(c3ccccc3Br)COC2)c1. The minimum Gasteiger partial charge on any atom is -0.388 e. The first-order valence-corrected chi connectivity index (χ1v) is 7.17. The number of benzene rings is 2. The summed E-state index contributed by atoms with van der Waals surface area (Å²) in [6, 6.07) is 17.0. The molecule has 2 aromatic rings. The Morgan fingerprint density at radius 1 is 1.11 bits per heavy atom. The lowest BCUT2D eigenvalue weighted by atomic mass is 9.73. The molecule has 0 spiro atoms. The third kappa shape index (κ3) is 2.07. The number of ether oxygens (including phenoxy) is 1. The Bertz CT molecular complexity index is 593. The number of halogens is 1. The zero-order valence-corrected chi connectivity index (χ0v) is 12.4. The lowest BCUT2D eigenvalue weighted by Gasteiger charge is -2.43. The monoisotopic (exact) mass is 317 g/mol. The molecule has 0 bridgehead atoms. The summed E-state index contributed by atoms with van der Waals surface area (Å²) in [5.41, 5.74) is 3.72. The van der Waals surface area contributed by atoms with Crippen molar-refractivity contribution < 1.29 is 4.74 Å². The fourth-order valence-corrected chi connectivity index (χ4v) is 3.27. The summed E-state index contributed by atoms with van der Waals surface area (Å²) in [4.78, 5) is 0. The van der Waals surface area contributed by atoms with Crippen LogP contribution in [0.4, 0.5) is 5.69 Å². The maximum atomic E-state index is 5.53.